The minimum atomic E-state index is -0.353. The molecule has 0 aromatic carbocycles. The topological polar surface area (TPSA) is 74.7 Å². The number of hydrogen-bond acceptors (Lipinski definition) is 6. The Morgan fingerprint density at radius 2 is 2.00 bits per heavy atom. The summed E-state index contributed by atoms with van der Waals surface area (Å²) in [7, 11) is 0. The summed E-state index contributed by atoms with van der Waals surface area (Å²) in [5, 5.41) is 10.9. The summed E-state index contributed by atoms with van der Waals surface area (Å²) in [6.45, 7) is 8.82. The fraction of sp³-hybridized carbons (Fsp3) is 0.391. The Morgan fingerprint density at radius 3 is 2.63 bits per heavy atom. The minimum Gasteiger partial charge on any atom is -0.507 e. The van der Waals surface area contributed by atoms with Gasteiger partial charge in [-0.2, -0.15) is 0 Å². The summed E-state index contributed by atoms with van der Waals surface area (Å²) in [5.74, 6) is 0.728. The molecule has 3 aromatic rings. The number of rotatable bonds is 6. The van der Waals surface area contributed by atoms with Crippen molar-refractivity contribution in [1.82, 2.24) is 19.4 Å². The molecule has 3 aromatic heterocycles. The van der Waals surface area contributed by atoms with Gasteiger partial charge in [-0.1, -0.05) is 13.0 Å². The maximum absolute atomic E-state index is 13.6. The van der Waals surface area contributed by atoms with E-state index in [0.717, 1.165) is 38.3 Å². The van der Waals surface area contributed by atoms with E-state index in [-0.39, 0.29) is 17.4 Å². The van der Waals surface area contributed by atoms with E-state index in [0.29, 0.717) is 23.6 Å². The Bertz CT molecular complexity index is 1020. The number of hydrogen-bond donors (Lipinski definition) is 1. The molecule has 0 aliphatic carbocycles. The standard InChI is InChI=1S/C23H28N4O3/c1-3-25-9-11-26(12-10-25)22(18-6-4-8-24-15-18)21-20(28)14-17(2)27(23(21)29)16-19-7-5-13-30-19/h4-8,13-15,22,28H,3,9-12,16H2,1-2H3/t22-/m0/s1. The number of aromatic hydroxyl groups is 1. The SMILES string of the molecule is CCN1CCN([C@@H](c2cccnc2)c2c(O)cc(C)n(Cc3ccco3)c2=O)CC1. The average molecular weight is 409 g/mol. The summed E-state index contributed by atoms with van der Waals surface area (Å²) >= 11 is 0. The first-order chi connectivity index (χ1) is 14.6. The van der Waals surface area contributed by atoms with Gasteiger partial charge in [-0.25, -0.2) is 0 Å². The number of nitrogens with zero attached hydrogens (tertiary/aromatic N) is 4. The number of pyridine rings is 2. The van der Waals surface area contributed by atoms with Crippen molar-refractivity contribution >= 4 is 0 Å². The molecule has 4 heterocycles. The molecule has 0 bridgehead atoms. The Morgan fingerprint density at radius 1 is 1.20 bits per heavy atom. The molecule has 0 spiro atoms. The van der Waals surface area contributed by atoms with Crippen LogP contribution in [-0.4, -0.2) is 57.2 Å². The molecule has 158 valence electrons. The first-order valence-corrected chi connectivity index (χ1v) is 10.4. The van der Waals surface area contributed by atoms with Crippen LogP contribution in [0, 0.1) is 6.92 Å². The quantitative estimate of drug-likeness (QED) is 0.676. The van der Waals surface area contributed by atoms with Crippen LogP contribution < -0.4 is 5.56 Å². The van der Waals surface area contributed by atoms with Gasteiger partial charge in [-0.3, -0.25) is 14.7 Å². The third kappa shape index (κ3) is 4.04. The van der Waals surface area contributed by atoms with Crippen LogP contribution in [0.25, 0.3) is 0 Å². The fourth-order valence-electron chi connectivity index (χ4n) is 4.22. The van der Waals surface area contributed by atoms with E-state index in [1.165, 1.54) is 0 Å². The summed E-state index contributed by atoms with van der Waals surface area (Å²) in [6.07, 6.45) is 5.11. The zero-order chi connectivity index (χ0) is 21.1. The van der Waals surface area contributed by atoms with Crippen LogP contribution in [0.1, 0.15) is 35.5 Å². The van der Waals surface area contributed by atoms with Crippen molar-refractivity contribution in [3.8, 4) is 5.75 Å². The maximum atomic E-state index is 13.6. The van der Waals surface area contributed by atoms with Gasteiger partial charge in [0.15, 0.2) is 0 Å². The van der Waals surface area contributed by atoms with E-state index in [2.05, 4.69) is 21.7 Å². The first-order valence-electron chi connectivity index (χ1n) is 10.4. The number of piperazine rings is 1. The highest BCUT2D eigenvalue weighted by Crippen LogP contribution is 2.33. The lowest BCUT2D eigenvalue weighted by Crippen LogP contribution is -2.48. The average Bonchev–Trinajstić information content (AvgIpc) is 3.28. The second kappa shape index (κ2) is 8.85. The van der Waals surface area contributed by atoms with Gasteiger partial charge in [0, 0.05) is 44.3 Å². The van der Waals surface area contributed by atoms with E-state index >= 15 is 0 Å². The molecule has 0 radical (unpaired) electrons. The normalized spacial score (nSPS) is 16.6. The lowest BCUT2D eigenvalue weighted by atomic mass is 9.97. The molecule has 0 saturated carbocycles. The zero-order valence-electron chi connectivity index (χ0n) is 17.5. The molecule has 1 N–H and O–H groups in total. The van der Waals surface area contributed by atoms with Gasteiger partial charge in [-0.15, -0.1) is 0 Å². The molecule has 1 aliphatic rings. The fourth-order valence-corrected chi connectivity index (χ4v) is 4.22. The van der Waals surface area contributed by atoms with Crippen molar-refractivity contribution < 1.29 is 9.52 Å². The van der Waals surface area contributed by atoms with Crippen molar-refractivity contribution in [2.45, 2.75) is 26.4 Å². The highest BCUT2D eigenvalue weighted by atomic mass is 16.3. The Balaban J connectivity index is 1.79. The highest BCUT2D eigenvalue weighted by molar-refractivity contribution is 5.40. The Labute approximate surface area is 176 Å². The summed E-state index contributed by atoms with van der Waals surface area (Å²) in [4.78, 5) is 22.6. The van der Waals surface area contributed by atoms with Crippen LogP contribution in [-0.2, 0) is 6.54 Å². The van der Waals surface area contributed by atoms with Crippen LogP contribution in [0.2, 0.25) is 0 Å². The van der Waals surface area contributed by atoms with Crippen LogP contribution in [0.4, 0.5) is 0 Å². The molecule has 30 heavy (non-hydrogen) atoms. The molecule has 7 nitrogen and oxygen atoms in total. The lowest BCUT2D eigenvalue weighted by molar-refractivity contribution is 0.111. The van der Waals surface area contributed by atoms with Crippen LogP contribution in [0.5, 0.6) is 5.75 Å². The molecule has 1 saturated heterocycles. The predicted octanol–water partition coefficient (Wildman–Crippen LogP) is 2.63. The second-order valence-electron chi connectivity index (χ2n) is 7.71. The predicted molar refractivity (Wildman–Crippen MR) is 115 cm³/mol. The van der Waals surface area contributed by atoms with Crippen molar-refractivity contribution in [3.05, 3.63) is 81.9 Å². The Kier molecular flexibility index (Phi) is 6.01. The van der Waals surface area contributed by atoms with Gasteiger partial charge in [0.1, 0.15) is 11.5 Å². The van der Waals surface area contributed by atoms with Gasteiger partial charge in [-0.05, 0) is 43.3 Å². The van der Waals surface area contributed by atoms with Gasteiger partial charge in [0.25, 0.3) is 5.56 Å². The zero-order valence-corrected chi connectivity index (χ0v) is 17.5. The number of aromatic nitrogens is 2. The number of furan rings is 1. The third-order valence-electron chi connectivity index (χ3n) is 5.91. The highest BCUT2D eigenvalue weighted by Gasteiger charge is 2.31. The molecule has 1 atom stereocenters. The molecular formula is C23H28N4O3. The molecule has 1 fully saturated rings. The van der Waals surface area contributed by atoms with E-state index in [1.807, 2.05) is 31.2 Å². The van der Waals surface area contributed by atoms with Gasteiger partial charge < -0.3 is 19.0 Å². The summed E-state index contributed by atoms with van der Waals surface area (Å²) < 4.78 is 7.12. The largest absolute Gasteiger partial charge is 0.507 e. The monoisotopic (exact) mass is 408 g/mol. The van der Waals surface area contributed by atoms with Crippen molar-refractivity contribution in [1.29, 1.82) is 0 Å². The second-order valence-corrected chi connectivity index (χ2v) is 7.71. The van der Waals surface area contributed by atoms with Crippen LogP contribution in [0.15, 0.2) is 58.2 Å². The number of aryl methyl sites for hydroxylation is 1. The van der Waals surface area contributed by atoms with Gasteiger partial charge in [0.2, 0.25) is 0 Å². The molecular weight excluding hydrogens is 380 g/mol. The van der Waals surface area contributed by atoms with E-state index in [9.17, 15) is 9.90 Å². The summed E-state index contributed by atoms with van der Waals surface area (Å²) in [6, 6.07) is 8.82. The van der Waals surface area contributed by atoms with Crippen molar-refractivity contribution in [2.24, 2.45) is 0 Å². The lowest BCUT2D eigenvalue weighted by Gasteiger charge is -2.39. The van der Waals surface area contributed by atoms with Crippen LogP contribution >= 0.6 is 0 Å². The first kappa shape index (κ1) is 20.4. The van der Waals surface area contributed by atoms with E-state index in [1.54, 1.807) is 29.3 Å². The van der Waals surface area contributed by atoms with E-state index in [4.69, 9.17) is 4.42 Å². The van der Waals surface area contributed by atoms with Crippen LogP contribution in [0.3, 0.4) is 0 Å². The van der Waals surface area contributed by atoms with Crippen molar-refractivity contribution in [2.75, 3.05) is 32.7 Å². The van der Waals surface area contributed by atoms with E-state index < -0.39 is 0 Å². The summed E-state index contributed by atoms with van der Waals surface area (Å²) in [5.41, 5.74) is 1.79. The third-order valence-corrected chi connectivity index (χ3v) is 5.91. The smallest absolute Gasteiger partial charge is 0.260 e. The minimum absolute atomic E-state index is 0.0277. The molecule has 4 rings (SSSR count). The van der Waals surface area contributed by atoms with Crippen molar-refractivity contribution in [3.63, 3.8) is 0 Å². The number of likely N-dealkylation sites (N-methyl/N-ethyl adjacent to an activating group) is 1. The molecule has 0 unspecified atom stereocenters. The molecule has 0 amide bonds. The van der Waals surface area contributed by atoms with Gasteiger partial charge in [0.05, 0.1) is 24.4 Å². The Hall–Kier alpha value is -2.90. The maximum Gasteiger partial charge on any atom is 0.260 e. The van der Waals surface area contributed by atoms with Gasteiger partial charge >= 0.3 is 0 Å². The molecule has 1 aliphatic heterocycles. The molecule has 7 heteroatoms.